The van der Waals surface area contributed by atoms with E-state index in [0.717, 1.165) is 0 Å². The molecule has 0 aromatic rings. The number of carbonyl (C=O) groups is 1. The van der Waals surface area contributed by atoms with Crippen LogP contribution in [0.25, 0.3) is 0 Å². The van der Waals surface area contributed by atoms with E-state index in [1.807, 2.05) is 0 Å². The molecule has 1 N–H and O–H groups in total. The van der Waals surface area contributed by atoms with Crippen LogP contribution in [-0.2, 0) is 21.1 Å². The van der Waals surface area contributed by atoms with Crippen LogP contribution in [0.3, 0.4) is 0 Å². The Bertz CT molecular complexity index is 29.0. The van der Waals surface area contributed by atoms with E-state index in [2.05, 4.69) is 21.1 Å². The molecule has 0 rings (SSSR count). The van der Waals surface area contributed by atoms with E-state index in [-0.39, 0.29) is 0 Å². The fraction of sp³-hybridized carbons (Fsp3) is 0. The van der Waals surface area contributed by atoms with E-state index in [9.17, 15) is 0 Å². The second-order valence-electron chi connectivity index (χ2n) is 0.220. The second kappa shape index (κ2) is 1.52. The first-order valence-electron chi connectivity index (χ1n) is 0.578. The first kappa shape index (κ1) is 4.21. The number of rotatable bonds is 0. The van der Waals surface area contributed by atoms with Gasteiger partial charge in [0, 0.05) is 0 Å². The minimum atomic E-state index is -1.02. The maximum absolute atomic E-state index is 8.92. The molecular formula is CHAgO2. The molecule has 0 radical (unpaired) electrons. The molecule has 0 fully saturated rings. The molecule has 3 heteroatoms. The number of hydrogen-bond acceptors (Lipinski definition) is 1. The molecule has 0 unspecified atom stereocenters. The van der Waals surface area contributed by atoms with Crippen LogP contribution in [0.1, 0.15) is 0 Å². The molecule has 0 bridgehead atoms. The molecule has 0 aliphatic heterocycles. The number of carboxylic acid groups (broad SMARTS) is 1. The van der Waals surface area contributed by atoms with Crippen LogP contribution in [0.5, 0.6) is 0 Å². The molecule has 28 valence electrons. The summed E-state index contributed by atoms with van der Waals surface area (Å²) in [7, 11) is 0. The number of hydrogen-bond donors (Lipinski definition) is 1. The van der Waals surface area contributed by atoms with Crippen molar-refractivity contribution in [1.82, 2.24) is 0 Å². The Hall–Kier alpha value is 0.210. The van der Waals surface area contributed by atoms with Crippen molar-refractivity contribution in [2.45, 2.75) is 0 Å². The first-order chi connectivity index (χ1) is 1.73. The Labute approximate surface area is 35.7 Å². The fourth-order valence-electron chi connectivity index (χ4n) is 0. The summed E-state index contributed by atoms with van der Waals surface area (Å²) in [5.41, 5.74) is 0. The van der Waals surface area contributed by atoms with Gasteiger partial charge in [-0.25, -0.2) is 0 Å². The Morgan fingerprint density at radius 2 is 2.00 bits per heavy atom. The van der Waals surface area contributed by atoms with Crippen molar-refractivity contribution in [2.24, 2.45) is 0 Å². The zero-order valence-electron chi connectivity index (χ0n) is 1.66. The summed E-state index contributed by atoms with van der Waals surface area (Å²) in [5.74, 6) is 0. The van der Waals surface area contributed by atoms with Crippen LogP contribution in [0.2, 0.25) is 0 Å². The van der Waals surface area contributed by atoms with Crippen molar-refractivity contribution in [1.29, 1.82) is 0 Å². The molecule has 0 aliphatic carbocycles. The van der Waals surface area contributed by atoms with Crippen molar-refractivity contribution in [3.05, 3.63) is 0 Å². The van der Waals surface area contributed by atoms with Crippen LogP contribution in [0, 0.1) is 0 Å². The van der Waals surface area contributed by atoms with E-state index >= 15 is 0 Å². The summed E-state index contributed by atoms with van der Waals surface area (Å²) in [4.78, 5) is 8.92. The molecule has 0 aliphatic rings. The summed E-state index contributed by atoms with van der Waals surface area (Å²) in [6, 6.07) is 0. The average molecular weight is 153 g/mol. The minimum absolute atomic E-state index is 1.02. The molecule has 4 heavy (non-hydrogen) atoms. The molecular weight excluding hydrogens is 152 g/mol. The van der Waals surface area contributed by atoms with Gasteiger partial charge in [-0.05, 0) is 0 Å². The Balaban J connectivity index is 2.80. The third-order valence-corrected chi connectivity index (χ3v) is 0. The Kier molecular flexibility index (Phi) is 1.60. The van der Waals surface area contributed by atoms with Gasteiger partial charge in [0.25, 0.3) is 0 Å². The van der Waals surface area contributed by atoms with Crippen molar-refractivity contribution in [3.63, 3.8) is 0 Å². The van der Waals surface area contributed by atoms with Gasteiger partial charge >= 0.3 is 35.2 Å². The van der Waals surface area contributed by atoms with Crippen LogP contribution in [-0.4, -0.2) is 9.29 Å². The van der Waals surface area contributed by atoms with E-state index in [1.165, 1.54) is 0 Å². The monoisotopic (exact) mass is 152 g/mol. The van der Waals surface area contributed by atoms with Crippen molar-refractivity contribution >= 4 is 4.19 Å². The Morgan fingerprint density at radius 1 is 2.00 bits per heavy atom. The van der Waals surface area contributed by atoms with Crippen LogP contribution >= 0.6 is 0 Å². The first-order valence-corrected chi connectivity index (χ1v) is 1.32. The zero-order valence-corrected chi connectivity index (χ0v) is 3.14. The van der Waals surface area contributed by atoms with E-state index in [0.29, 0.717) is 0 Å². The molecule has 0 aromatic carbocycles. The molecule has 0 aromatic heterocycles. The molecule has 0 spiro atoms. The van der Waals surface area contributed by atoms with Crippen molar-refractivity contribution in [3.8, 4) is 0 Å². The molecule has 2 nitrogen and oxygen atoms in total. The van der Waals surface area contributed by atoms with Crippen LogP contribution < -0.4 is 0 Å². The van der Waals surface area contributed by atoms with E-state index in [1.54, 1.807) is 0 Å². The summed E-state index contributed by atoms with van der Waals surface area (Å²) < 4.78 is -1.02. The van der Waals surface area contributed by atoms with Crippen LogP contribution in [0.4, 0.5) is 4.79 Å². The van der Waals surface area contributed by atoms with E-state index < -0.39 is 4.19 Å². The topological polar surface area (TPSA) is 37.3 Å². The summed E-state index contributed by atoms with van der Waals surface area (Å²) in [6.45, 7) is 0. The fourth-order valence-corrected chi connectivity index (χ4v) is 0. The normalized spacial score (nSPS) is 6.50. The molecule has 0 saturated heterocycles. The quantitative estimate of drug-likeness (QED) is 0.505. The third-order valence-electron chi connectivity index (χ3n) is 0. The predicted octanol–water partition coefficient (Wildman–Crippen LogP) is 0.211. The maximum atomic E-state index is 8.92. The molecule has 0 atom stereocenters. The van der Waals surface area contributed by atoms with Gasteiger partial charge < -0.3 is 0 Å². The van der Waals surface area contributed by atoms with E-state index in [4.69, 9.17) is 9.90 Å². The van der Waals surface area contributed by atoms with Gasteiger partial charge in [0.05, 0.1) is 0 Å². The van der Waals surface area contributed by atoms with Gasteiger partial charge in [0.15, 0.2) is 0 Å². The third kappa shape index (κ3) is 73.2. The molecule has 0 amide bonds. The van der Waals surface area contributed by atoms with Gasteiger partial charge in [-0.3, -0.25) is 0 Å². The Morgan fingerprint density at radius 3 is 2.00 bits per heavy atom. The SMILES string of the molecule is O=[C](O)[Ag]. The van der Waals surface area contributed by atoms with Gasteiger partial charge in [-0.15, -0.1) is 0 Å². The van der Waals surface area contributed by atoms with Crippen molar-refractivity contribution in [2.75, 3.05) is 0 Å². The van der Waals surface area contributed by atoms with Gasteiger partial charge in [0.1, 0.15) is 0 Å². The molecule has 0 saturated carbocycles. The van der Waals surface area contributed by atoms with Crippen molar-refractivity contribution < 1.29 is 31.0 Å². The van der Waals surface area contributed by atoms with Gasteiger partial charge in [0.2, 0.25) is 0 Å². The predicted molar refractivity (Wildman–Crippen MR) is 8.02 cm³/mol. The average Bonchev–Trinajstić information content (AvgIpc) is 0.811. The summed E-state index contributed by atoms with van der Waals surface area (Å²) >= 11 is 2.20. The summed E-state index contributed by atoms with van der Waals surface area (Å²) in [5, 5.41) is 7.33. The molecule has 0 heterocycles. The second-order valence-corrected chi connectivity index (χ2v) is 0.854. The standard InChI is InChI=1S/CHO2.Ag/c2-1-3;/h(H,2,3);. The van der Waals surface area contributed by atoms with Gasteiger partial charge in [-0.1, -0.05) is 0 Å². The van der Waals surface area contributed by atoms with Gasteiger partial charge in [-0.2, -0.15) is 0 Å². The zero-order chi connectivity index (χ0) is 3.58. The summed E-state index contributed by atoms with van der Waals surface area (Å²) in [6.07, 6.45) is 0. The van der Waals surface area contributed by atoms with Crippen LogP contribution in [0.15, 0.2) is 0 Å².